The van der Waals surface area contributed by atoms with Gasteiger partial charge in [-0.25, -0.2) is 4.98 Å². The summed E-state index contributed by atoms with van der Waals surface area (Å²) in [6.45, 7) is 5.53. The van der Waals surface area contributed by atoms with Gasteiger partial charge in [-0.1, -0.05) is 6.07 Å². The zero-order valence-corrected chi connectivity index (χ0v) is 15.2. The SMILES string of the molecule is Cc1cc(C)n([C@@H]2CCN(C(=O)c3csc(-c4cccs4)n3)C2)n1. The van der Waals surface area contributed by atoms with Crippen molar-refractivity contribution in [3.8, 4) is 9.88 Å². The van der Waals surface area contributed by atoms with Gasteiger partial charge in [0.2, 0.25) is 0 Å². The summed E-state index contributed by atoms with van der Waals surface area (Å²) in [7, 11) is 0. The molecule has 0 saturated carbocycles. The van der Waals surface area contributed by atoms with E-state index in [1.54, 1.807) is 11.3 Å². The van der Waals surface area contributed by atoms with Crippen molar-refractivity contribution in [1.82, 2.24) is 19.7 Å². The summed E-state index contributed by atoms with van der Waals surface area (Å²) in [6, 6.07) is 6.38. The molecule has 3 aromatic rings. The van der Waals surface area contributed by atoms with E-state index in [2.05, 4.69) is 27.8 Å². The standard InChI is InChI=1S/C17H18N4OS2/c1-11-8-12(2)21(19-11)13-5-6-20(9-13)17(22)14-10-24-16(18-14)15-4-3-7-23-15/h3-4,7-8,10,13H,5-6,9H2,1-2H3/t13-/m1/s1. The van der Waals surface area contributed by atoms with Crippen molar-refractivity contribution in [1.29, 1.82) is 0 Å². The zero-order valence-electron chi connectivity index (χ0n) is 13.6. The molecule has 1 amide bonds. The Balaban J connectivity index is 1.49. The van der Waals surface area contributed by atoms with Gasteiger partial charge in [-0.2, -0.15) is 5.10 Å². The predicted octanol–water partition coefficient (Wildman–Crippen LogP) is 3.77. The highest BCUT2D eigenvalue weighted by Crippen LogP contribution is 2.29. The summed E-state index contributed by atoms with van der Waals surface area (Å²) in [4.78, 5) is 20.3. The van der Waals surface area contributed by atoms with Crippen molar-refractivity contribution < 1.29 is 4.79 Å². The van der Waals surface area contributed by atoms with Gasteiger partial charge >= 0.3 is 0 Å². The van der Waals surface area contributed by atoms with E-state index in [1.165, 1.54) is 11.3 Å². The minimum absolute atomic E-state index is 0.0260. The molecule has 24 heavy (non-hydrogen) atoms. The second kappa shape index (κ2) is 6.14. The van der Waals surface area contributed by atoms with Crippen LogP contribution in [0.3, 0.4) is 0 Å². The van der Waals surface area contributed by atoms with Gasteiger partial charge in [0.25, 0.3) is 5.91 Å². The van der Waals surface area contributed by atoms with Gasteiger partial charge in [-0.3, -0.25) is 9.48 Å². The summed E-state index contributed by atoms with van der Waals surface area (Å²) in [6.07, 6.45) is 0.940. The molecule has 1 aliphatic heterocycles. The van der Waals surface area contributed by atoms with Gasteiger partial charge in [-0.15, -0.1) is 22.7 Å². The zero-order chi connectivity index (χ0) is 16.7. The molecule has 1 aliphatic rings. The van der Waals surface area contributed by atoms with Gasteiger partial charge in [0.05, 0.1) is 16.6 Å². The van der Waals surface area contributed by atoms with E-state index in [-0.39, 0.29) is 11.9 Å². The van der Waals surface area contributed by atoms with Crippen molar-refractivity contribution in [2.24, 2.45) is 0 Å². The maximum absolute atomic E-state index is 12.7. The predicted molar refractivity (Wildman–Crippen MR) is 96.7 cm³/mol. The topological polar surface area (TPSA) is 51.0 Å². The third-order valence-corrected chi connectivity index (χ3v) is 6.18. The molecular formula is C17H18N4OS2. The number of hydrogen-bond donors (Lipinski definition) is 0. The summed E-state index contributed by atoms with van der Waals surface area (Å²) < 4.78 is 2.06. The Hall–Kier alpha value is -1.99. The first-order chi connectivity index (χ1) is 11.6. The number of carbonyl (C=O) groups is 1. The summed E-state index contributed by atoms with van der Waals surface area (Å²) in [5.74, 6) is 0.0260. The lowest BCUT2D eigenvalue weighted by molar-refractivity contribution is 0.0782. The van der Waals surface area contributed by atoms with Crippen LogP contribution in [0.2, 0.25) is 0 Å². The number of thiophene rings is 1. The lowest BCUT2D eigenvalue weighted by Crippen LogP contribution is -2.29. The van der Waals surface area contributed by atoms with Gasteiger partial charge in [-0.05, 0) is 37.8 Å². The maximum Gasteiger partial charge on any atom is 0.273 e. The molecule has 4 rings (SSSR count). The number of rotatable bonds is 3. The van der Waals surface area contributed by atoms with Crippen LogP contribution in [0.1, 0.15) is 34.3 Å². The molecule has 1 saturated heterocycles. The molecule has 0 aromatic carbocycles. The minimum Gasteiger partial charge on any atom is -0.335 e. The van der Waals surface area contributed by atoms with Gasteiger partial charge < -0.3 is 4.90 Å². The largest absolute Gasteiger partial charge is 0.335 e. The van der Waals surface area contributed by atoms with Gasteiger partial charge in [0.1, 0.15) is 10.7 Å². The first-order valence-electron chi connectivity index (χ1n) is 7.93. The molecular weight excluding hydrogens is 340 g/mol. The summed E-state index contributed by atoms with van der Waals surface area (Å²) in [5.41, 5.74) is 2.73. The molecule has 0 aliphatic carbocycles. The molecule has 7 heteroatoms. The van der Waals surface area contributed by atoms with E-state index in [1.807, 2.05) is 34.7 Å². The Morgan fingerprint density at radius 1 is 1.33 bits per heavy atom. The molecule has 0 bridgehead atoms. The highest BCUT2D eigenvalue weighted by Gasteiger charge is 2.30. The van der Waals surface area contributed by atoms with Crippen LogP contribution in [0.15, 0.2) is 29.0 Å². The fourth-order valence-corrected chi connectivity index (χ4v) is 4.80. The second-order valence-corrected chi connectivity index (χ2v) is 7.89. The average molecular weight is 358 g/mol. The lowest BCUT2D eigenvalue weighted by Gasteiger charge is -2.16. The smallest absolute Gasteiger partial charge is 0.273 e. The quantitative estimate of drug-likeness (QED) is 0.716. The maximum atomic E-state index is 12.7. The van der Waals surface area contributed by atoms with E-state index in [0.717, 1.165) is 34.2 Å². The molecule has 0 spiro atoms. The Bertz CT molecular complexity index is 865. The number of likely N-dealkylation sites (tertiary alicyclic amines) is 1. The normalized spacial score (nSPS) is 17.6. The Morgan fingerprint density at radius 3 is 2.92 bits per heavy atom. The number of hydrogen-bond acceptors (Lipinski definition) is 5. The molecule has 0 N–H and O–H groups in total. The van der Waals surface area contributed by atoms with Crippen LogP contribution in [0.25, 0.3) is 9.88 Å². The van der Waals surface area contributed by atoms with Crippen LogP contribution >= 0.6 is 22.7 Å². The van der Waals surface area contributed by atoms with Crippen LogP contribution < -0.4 is 0 Å². The minimum atomic E-state index is 0.0260. The fourth-order valence-electron chi connectivity index (χ4n) is 3.19. The molecule has 1 fully saturated rings. The Kier molecular flexibility index (Phi) is 3.97. The number of amides is 1. The monoisotopic (exact) mass is 358 g/mol. The molecule has 124 valence electrons. The number of aromatic nitrogens is 3. The van der Waals surface area contributed by atoms with E-state index in [0.29, 0.717) is 12.2 Å². The third-order valence-electron chi connectivity index (χ3n) is 4.30. The first kappa shape index (κ1) is 15.5. The number of carbonyl (C=O) groups excluding carboxylic acids is 1. The van der Waals surface area contributed by atoms with Crippen LogP contribution in [0.5, 0.6) is 0 Å². The van der Waals surface area contributed by atoms with E-state index >= 15 is 0 Å². The van der Waals surface area contributed by atoms with E-state index in [9.17, 15) is 4.79 Å². The summed E-state index contributed by atoms with van der Waals surface area (Å²) >= 11 is 3.18. The Morgan fingerprint density at radius 2 is 2.21 bits per heavy atom. The van der Waals surface area contributed by atoms with Gasteiger partial charge in [0, 0.05) is 24.2 Å². The number of nitrogens with zero attached hydrogens (tertiary/aromatic N) is 4. The number of aryl methyl sites for hydroxylation is 2. The first-order valence-corrected chi connectivity index (χ1v) is 9.69. The number of thiazole rings is 1. The summed E-state index contributed by atoms with van der Waals surface area (Å²) in [5, 5.41) is 9.38. The Labute approximate surface area is 148 Å². The van der Waals surface area contributed by atoms with Crippen molar-refractivity contribution in [2.45, 2.75) is 26.3 Å². The van der Waals surface area contributed by atoms with Crippen LogP contribution in [0, 0.1) is 13.8 Å². The molecule has 3 aromatic heterocycles. The molecule has 5 nitrogen and oxygen atoms in total. The van der Waals surface area contributed by atoms with E-state index < -0.39 is 0 Å². The van der Waals surface area contributed by atoms with Crippen LogP contribution in [0.4, 0.5) is 0 Å². The lowest BCUT2D eigenvalue weighted by atomic mass is 10.2. The van der Waals surface area contributed by atoms with Crippen molar-refractivity contribution in [3.05, 3.63) is 46.0 Å². The highest BCUT2D eigenvalue weighted by molar-refractivity contribution is 7.20. The second-order valence-electron chi connectivity index (χ2n) is 6.08. The van der Waals surface area contributed by atoms with Crippen molar-refractivity contribution >= 4 is 28.6 Å². The molecule has 4 heterocycles. The van der Waals surface area contributed by atoms with E-state index in [4.69, 9.17) is 0 Å². The molecule has 0 radical (unpaired) electrons. The highest BCUT2D eigenvalue weighted by atomic mass is 32.1. The third kappa shape index (κ3) is 2.78. The molecule has 0 unspecified atom stereocenters. The fraction of sp³-hybridized carbons (Fsp3) is 0.353. The molecule has 1 atom stereocenters. The van der Waals surface area contributed by atoms with Crippen molar-refractivity contribution in [3.63, 3.8) is 0 Å². The van der Waals surface area contributed by atoms with Crippen molar-refractivity contribution in [2.75, 3.05) is 13.1 Å². The van der Waals surface area contributed by atoms with Crippen LogP contribution in [-0.2, 0) is 0 Å². The average Bonchev–Trinajstić information content (AvgIpc) is 3.34. The van der Waals surface area contributed by atoms with Gasteiger partial charge in [0.15, 0.2) is 0 Å². The van der Waals surface area contributed by atoms with Crippen LogP contribution in [-0.4, -0.2) is 38.7 Å².